The number of piperazine rings is 1. The summed E-state index contributed by atoms with van der Waals surface area (Å²) in [4.78, 5) is 16.2. The molecule has 1 heterocycles. The Morgan fingerprint density at radius 3 is 1.93 bits per heavy atom. The number of hydrogen-bond acceptors (Lipinski definition) is 2. The van der Waals surface area contributed by atoms with Gasteiger partial charge in [-0.25, -0.2) is 0 Å². The van der Waals surface area contributed by atoms with E-state index in [4.69, 9.17) is 12.2 Å². The van der Waals surface area contributed by atoms with Crippen molar-refractivity contribution in [2.24, 2.45) is 5.92 Å². The lowest BCUT2D eigenvalue weighted by Crippen LogP contribution is -2.50. The molecule has 0 bridgehead atoms. The summed E-state index contributed by atoms with van der Waals surface area (Å²) >= 11 is 5.32. The summed E-state index contributed by atoms with van der Waals surface area (Å²) in [5.74, 6) is 0.592. The van der Waals surface area contributed by atoms with Crippen LogP contribution in [0.3, 0.4) is 0 Å². The van der Waals surface area contributed by atoms with Gasteiger partial charge in [0.15, 0.2) is 0 Å². The van der Waals surface area contributed by atoms with Gasteiger partial charge in [0.25, 0.3) is 0 Å². The first-order valence-electron chi connectivity index (χ1n) is 5.06. The van der Waals surface area contributed by atoms with Gasteiger partial charge in [-0.1, -0.05) is 26.1 Å². The zero-order valence-corrected chi connectivity index (χ0v) is 9.93. The molecule has 1 rings (SSSR count). The van der Waals surface area contributed by atoms with E-state index in [0.717, 1.165) is 31.2 Å². The topological polar surface area (TPSA) is 23.6 Å². The molecule has 1 saturated heterocycles. The molecule has 0 saturated carbocycles. The molecule has 3 nitrogen and oxygen atoms in total. The van der Waals surface area contributed by atoms with Crippen LogP contribution >= 0.6 is 12.2 Å². The summed E-state index contributed by atoms with van der Waals surface area (Å²) in [6, 6.07) is 0. The quantitative estimate of drug-likeness (QED) is 0.611. The van der Waals surface area contributed by atoms with Crippen molar-refractivity contribution < 1.29 is 4.79 Å². The minimum absolute atomic E-state index is 0.167. The number of rotatable bonds is 1. The van der Waals surface area contributed by atoms with Crippen LogP contribution in [0.1, 0.15) is 20.8 Å². The Bertz CT molecular complexity index is 232. The third-order valence-corrected chi connectivity index (χ3v) is 3.26. The summed E-state index contributed by atoms with van der Waals surface area (Å²) in [5, 5.41) is 0. The molecule has 14 heavy (non-hydrogen) atoms. The number of carbonyl (C=O) groups is 1. The van der Waals surface area contributed by atoms with Gasteiger partial charge in [0.2, 0.25) is 5.91 Å². The highest BCUT2D eigenvalue weighted by molar-refractivity contribution is 7.80. The highest BCUT2D eigenvalue weighted by Crippen LogP contribution is 2.08. The maximum Gasteiger partial charge on any atom is 0.219 e. The summed E-state index contributed by atoms with van der Waals surface area (Å²) < 4.78 is 0. The van der Waals surface area contributed by atoms with Crippen LogP contribution in [0, 0.1) is 5.92 Å². The van der Waals surface area contributed by atoms with Gasteiger partial charge in [-0.2, -0.15) is 0 Å². The standard InChI is InChI=1S/C10H18N2OS/c1-8(2)10(14)12-6-4-11(5-7-12)9(3)13/h8H,4-7H2,1-3H3. The largest absolute Gasteiger partial charge is 0.362 e. The van der Waals surface area contributed by atoms with E-state index in [0.29, 0.717) is 5.92 Å². The van der Waals surface area contributed by atoms with E-state index in [2.05, 4.69) is 18.7 Å². The zero-order valence-electron chi connectivity index (χ0n) is 9.12. The van der Waals surface area contributed by atoms with E-state index in [9.17, 15) is 4.79 Å². The lowest BCUT2D eigenvalue weighted by atomic mass is 10.2. The molecular weight excluding hydrogens is 196 g/mol. The first-order valence-corrected chi connectivity index (χ1v) is 5.47. The van der Waals surface area contributed by atoms with Crippen LogP contribution < -0.4 is 0 Å². The van der Waals surface area contributed by atoms with E-state index in [1.165, 1.54) is 0 Å². The van der Waals surface area contributed by atoms with E-state index < -0.39 is 0 Å². The lowest BCUT2D eigenvalue weighted by Gasteiger charge is -2.36. The molecule has 1 amide bonds. The van der Waals surface area contributed by atoms with Crippen LogP contribution in [-0.2, 0) is 4.79 Å². The Balaban J connectivity index is 2.43. The van der Waals surface area contributed by atoms with Crippen molar-refractivity contribution in [3.05, 3.63) is 0 Å². The van der Waals surface area contributed by atoms with E-state index in [-0.39, 0.29) is 5.91 Å². The fourth-order valence-electron chi connectivity index (χ4n) is 1.61. The van der Waals surface area contributed by atoms with E-state index in [1.807, 2.05) is 4.90 Å². The Morgan fingerprint density at radius 1 is 1.14 bits per heavy atom. The summed E-state index contributed by atoms with van der Waals surface area (Å²) in [7, 11) is 0. The van der Waals surface area contributed by atoms with Gasteiger partial charge in [-0.05, 0) is 0 Å². The highest BCUT2D eigenvalue weighted by Gasteiger charge is 2.21. The Kier molecular flexibility index (Phi) is 3.86. The molecule has 0 radical (unpaired) electrons. The van der Waals surface area contributed by atoms with Crippen molar-refractivity contribution in [1.29, 1.82) is 0 Å². The van der Waals surface area contributed by atoms with Crippen molar-refractivity contribution in [2.75, 3.05) is 26.2 Å². The molecule has 0 aromatic heterocycles. The average Bonchev–Trinajstić information content (AvgIpc) is 2.16. The van der Waals surface area contributed by atoms with Crippen molar-refractivity contribution in [3.8, 4) is 0 Å². The second-order valence-electron chi connectivity index (χ2n) is 3.99. The Morgan fingerprint density at radius 2 is 1.57 bits per heavy atom. The number of amides is 1. The van der Waals surface area contributed by atoms with Crippen molar-refractivity contribution in [3.63, 3.8) is 0 Å². The lowest BCUT2D eigenvalue weighted by molar-refractivity contribution is -0.130. The predicted octanol–water partition coefficient (Wildman–Crippen LogP) is 1.13. The maximum atomic E-state index is 11.1. The predicted molar refractivity (Wildman–Crippen MR) is 61.3 cm³/mol. The number of thiocarbonyl (C=S) groups is 1. The molecule has 0 spiro atoms. The molecule has 4 heteroatoms. The van der Waals surface area contributed by atoms with E-state index >= 15 is 0 Å². The zero-order chi connectivity index (χ0) is 10.7. The number of nitrogens with zero attached hydrogens (tertiary/aromatic N) is 2. The van der Waals surface area contributed by atoms with Crippen LogP contribution in [0.25, 0.3) is 0 Å². The molecular formula is C10H18N2OS. The van der Waals surface area contributed by atoms with Gasteiger partial charge in [-0.3, -0.25) is 4.79 Å². The highest BCUT2D eigenvalue weighted by atomic mass is 32.1. The molecule has 1 fully saturated rings. The normalized spacial score (nSPS) is 17.4. The fourth-order valence-corrected chi connectivity index (χ4v) is 1.79. The van der Waals surface area contributed by atoms with Gasteiger partial charge < -0.3 is 9.80 Å². The summed E-state index contributed by atoms with van der Waals surface area (Å²) in [6.07, 6.45) is 0. The first kappa shape index (κ1) is 11.4. The molecule has 1 aliphatic rings. The smallest absolute Gasteiger partial charge is 0.219 e. The minimum atomic E-state index is 0.167. The van der Waals surface area contributed by atoms with Crippen molar-refractivity contribution in [2.45, 2.75) is 20.8 Å². The summed E-state index contributed by atoms with van der Waals surface area (Å²) in [6.45, 7) is 9.23. The Labute approximate surface area is 91.1 Å². The molecule has 0 atom stereocenters. The SMILES string of the molecule is CC(=O)N1CCN(C(=S)C(C)C)CC1. The van der Waals surface area contributed by atoms with Crippen LogP contribution in [0.4, 0.5) is 0 Å². The van der Waals surface area contributed by atoms with Crippen LogP contribution in [-0.4, -0.2) is 46.9 Å². The minimum Gasteiger partial charge on any atom is -0.362 e. The van der Waals surface area contributed by atoms with Crippen LogP contribution in [0.2, 0.25) is 0 Å². The first-order chi connectivity index (χ1) is 6.52. The van der Waals surface area contributed by atoms with Gasteiger partial charge in [0, 0.05) is 39.0 Å². The second-order valence-corrected chi connectivity index (χ2v) is 4.40. The van der Waals surface area contributed by atoms with Gasteiger partial charge in [-0.15, -0.1) is 0 Å². The van der Waals surface area contributed by atoms with Gasteiger partial charge in [0.1, 0.15) is 0 Å². The Hall–Kier alpha value is -0.640. The second kappa shape index (κ2) is 4.73. The monoisotopic (exact) mass is 214 g/mol. The van der Waals surface area contributed by atoms with Crippen LogP contribution in [0.5, 0.6) is 0 Å². The van der Waals surface area contributed by atoms with Crippen molar-refractivity contribution >= 4 is 23.1 Å². The molecule has 0 unspecified atom stereocenters. The third kappa shape index (κ3) is 2.67. The fraction of sp³-hybridized carbons (Fsp3) is 0.800. The molecule has 0 aromatic carbocycles. The van der Waals surface area contributed by atoms with Crippen molar-refractivity contribution in [1.82, 2.24) is 9.80 Å². The van der Waals surface area contributed by atoms with Crippen LogP contribution in [0.15, 0.2) is 0 Å². The van der Waals surface area contributed by atoms with Gasteiger partial charge >= 0.3 is 0 Å². The van der Waals surface area contributed by atoms with Gasteiger partial charge in [0.05, 0.1) is 4.99 Å². The molecule has 80 valence electrons. The molecule has 0 aromatic rings. The van der Waals surface area contributed by atoms with E-state index in [1.54, 1.807) is 6.92 Å². The molecule has 0 aliphatic carbocycles. The molecule has 1 aliphatic heterocycles. The summed E-state index contributed by atoms with van der Waals surface area (Å²) in [5.41, 5.74) is 0. The maximum absolute atomic E-state index is 11.1. The number of hydrogen-bond donors (Lipinski definition) is 0. The molecule has 0 N–H and O–H groups in total. The average molecular weight is 214 g/mol. The number of carbonyl (C=O) groups excluding carboxylic acids is 1. The third-order valence-electron chi connectivity index (χ3n) is 2.53.